The van der Waals surface area contributed by atoms with Crippen molar-refractivity contribution >= 4 is 23.5 Å². The van der Waals surface area contributed by atoms with Crippen LogP contribution in [-0.4, -0.2) is 66.7 Å². The Morgan fingerprint density at radius 3 is 2.22 bits per heavy atom. The second-order valence-corrected chi connectivity index (χ2v) is 11.6. The van der Waals surface area contributed by atoms with Gasteiger partial charge in [-0.15, -0.1) is 0 Å². The number of ether oxygens (including phenoxy) is 1. The van der Waals surface area contributed by atoms with E-state index in [1.165, 1.54) is 20.0 Å². The largest absolute Gasteiger partial charge is 0.465 e. The first kappa shape index (κ1) is 28.9. The van der Waals surface area contributed by atoms with Gasteiger partial charge < -0.3 is 25.5 Å². The zero-order valence-corrected chi connectivity index (χ0v) is 22.7. The van der Waals surface area contributed by atoms with Crippen LogP contribution in [0.15, 0.2) is 24.3 Å². The molecule has 2 amide bonds. The molecule has 2 atom stereocenters. The number of amides is 2. The summed E-state index contributed by atoms with van der Waals surface area (Å²) >= 11 is 0. The quantitative estimate of drug-likeness (QED) is 0.277. The van der Waals surface area contributed by atoms with Crippen LogP contribution in [0, 0.1) is 17.3 Å². The highest BCUT2D eigenvalue weighted by Crippen LogP contribution is 2.31. The highest BCUT2D eigenvalue weighted by molar-refractivity contribution is 5.90. The van der Waals surface area contributed by atoms with Crippen LogP contribution >= 0.6 is 0 Å². The lowest BCUT2D eigenvalue weighted by Crippen LogP contribution is -2.58. The van der Waals surface area contributed by atoms with Gasteiger partial charge in [0.25, 0.3) is 0 Å². The lowest BCUT2D eigenvalue weighted by Gasteiger charge is -2.39. The first-order valence-electron chi connectivity index (χ1n) is 13.5. The normalized spacial score (nSPS) is 18.8. The lowest BCUT2D eigenvalue weighted by atomic mass is 9.84. The van der Waals surface area contributed by atoms with Gasteiger partial charge in [-0.2, -0.15) is 0 Å². The fourth-order valence-electron chi connectivity index (χ4n) is 5.43. The topological polar surface area (TPSA) is 120 Å². The number of nitrogens with one attached hydrogen (secondary N) is 3. The Morgan fingerprint density at radius 2 is 1.68 bits per heavy atom. The van der Waals surface area contributed by atoms with Gasteiger partial charge in [0.1, 0.15) is 6.04 Å². The number of methoxy groups -OCH3 is 1. The summed E-state index contributed by atoms with van der Waals surface area (Å²) in [4.78, 5) is 40.3. The monoisotopic (exact) mass is 516 g/mol. The molecule has 0 bridgehead atoms. The standard InChI is InChI=1S/C28H44N4O5/c1-28(2,3)24(31-25(33)21(18-29-36)17-19-7-5-6-8-19)26(34)32-15-13-23(14-16-32)30-22-11-9-20(10-12-22)27(35)37-4/h9-12,19,21,23-24,29-30,36H,5-8,13-18H2,1-4H3,(H,31,33)/t21-,24-/m1/s1. The van der Waals surface area contributed by atoms with E-state index in [0.29, 0.717) is 24.6 Å². The predicted molar refractivity (Wildman–Crippen MR) is 142 cm³/mol. The molecule has 3 rings (SSSR count). The summed E-state index contributed by atoms with van der Waals surface area (Å²) < 4.78 is 4.74. The Balaban J connectivity index is 1.56. The molecular formula is C28H44N4O5. The Bertz CT molecular complexity index is 900. The average Bonchev–Trinajstić information content (AvgIpc) is 3.39. The smallest absolute Gasteiger partial charge is 0.337 e. The summed E-state index contributed by atoms with van der Waals surface area (Å²) in [5, 5.41) is 15.9. The van der Waals surface area contributed by atoms with E-state index in [4.69, 9.17) is 4.74 Å². The highest BCUT2D eigenvalue weighted by atomic mass is 16.5. The molecule has 1 heterocycles. The summed E-state index contributed by atoms with van der Waals surface area (Å²) in [6.45, 7) is 7.30. The molecule has 2 fully saturated rings. The van der Waals surface area contributed by atoms with Gasteiger partial charge in [-0.1, -0.05) is 46.5 Å². The van der Waals surface area contributed by atoms with E-state index in [0.717, 1.165) is 37.8 Å². The molecule has 0 aromatic heterocycles. The SMILES string of the molecule is COC(=O)c1ccc(NC2CCN(C(=O)[C@@H](NC(=O)[C@@H](CNO)CC3CCCC3)C(C)(C)C)CC2)cc1. The number of likely N-dealkylation sites (tertiary alicyclic amines) is 1. The number of nitrogens with zero attached hydrogens (tertiary/aromatic N) is 1. The molecular weight excluding hydrogens is 472 g/mol. The maximum atomic E-state index is 13.6. The fourth-order valence-corrected chi connectivity index (χ4v) is 5.43. The van der Waals surface area contributed by atoms with Crippen LogP contribution in [0.4, 0.5) is 5.69 Å². The number of hydrogen-bond donors (Lipinski definition) is 4. The van der Waals surface area contributed by atoms with Gasteiger partial charge in [0.15, 0.2) is 0 Å². The predicted octanol–water partition coefficient (Wildman–Crippen LogP) is 3.58. The molecule has 0 radical (unpaired) electrons. The van der Waals surface area contributed by atoms with Crippen LogP contribution in [0.1, 0.15) is 76.1 Å². The number of hydrogen-bond acceptors (Lipinski definition) is 7. The summed E-state index contributed by atoms with van der Waals surface area (Å²) in [7, 11) is 1.36. The lowest BCUT2D eigenvalue weighted by molar-refractivity contribution is -0.141. The van der Waals surface area contributed by atoms with Gasteiger partial charge >= 0.3 is 5.97 Å². The van der Waals surface area contributed by atoms with Crippen LogP contribution in [0.3, 0.4) is 0 Å². The molecule has 2 aliphatic rings. The maximum absolute atomic E-state index is 13.6. The second-order valence-electron chi connectivity index (χ2n) is 11.6. The van der Waals surface area contributed by atoms with Gasteiger partial charge in [0, 0.05) is 31.4 Å². The van der Waals surface area contributed by atoms with Crippen LogP contribution in [-0.2, 0) is 14.3 Å². The first-order valence-corrected chi connectivity index (χ1v) is 13.5. The van der Waals surface area contributed by atoms with Crippen molar-refractivity contribution in [1.29, 1.82) is 0 Å². The van der Waals surface area contributed by atoms with Gasteiger partial charge in [-0.05, 0) is 54.9 Å². The van der Waals surface area contributed by atoms with Crippen molar-refractivity contribution in [2.45, 2.75) is 77.8 Å². The molecule has 0 unspecified atom stereocenters. The van der Waals surface area contributed by atoms with E-state index < -0.39 is 11.5 Å². The average molecular weight is 517 g/mol. The Kier molecular flexibility index (Phi) is 10.3. The molecule has 1 aromatic rings. The summed E-state index contributed by atoms with van der Waals surface area (Å²) in [6.07, 6.45) is 6.92. The fraction of sp³-hybridized carbons (Fsp3) is 0.679. The van der Waals surface area contributed by atoms with Crippen molar-refractivity contribution < 1.29 is 24.3 Å². The number of carbonyl (C=O) groups is 3. The number of esters is 1. The molecule has 1 saturated carbocycles. The van der Waals surface area contributed by atoms with E-state index in [-0.39, 0.29) is 36.3 Å². The maximum Gasteiger partial charge on any atom is 0.337 e. The zero-order chi connectivity index (χ0) is 27.0. The second kappa shape index (κ2) is 13.2. The van der Waals surface area contributed by atoms with Crippen molar-refractivity contribution in [2.75, 3.05) is 32.1 Å². The molecule has 0 spiro atoms. The number of hydroxylamine groups is 1. The summed E-state index contributed by atoms with van der Waals surface area (Å²) in [6, 6.07) is 6.75. The number of anilines is 1. The third kappa shape index (κ3) is 8.17. The van der Waals surface area contributed by atoms with Crippen LogP contribution in [0.2, 0.25) is 0 Å². The summed E-state index contributed by atoms with van der Waals surface area (Å²) in [5.74, 6) is -0.467. The molecule has 9 nitrogen and oxygen atoms in total. The van der Waals surface area contributed by atoms with E-state index in [1.807, 2.05) is 37.8 Å². The molecule has 9 heteroatoms. The van der Waals surface area contributed by atoms with E-state index in [9.17, 15) is 19.6 Å². The molecule has 1 aromatic carbocycles. The van der Waals surface area contributed by atoms with Crippen LogP contribution in [0.25, 0.3) is 0 Å². The van der Waals surface area contributed by atoms with Crippen molar-refractivity contribution in [2.24, 2.45) is 17.3 Å². The number of rotatable bonds is 10. The Morgan fingerprint density at radius 1 is 1.05 bits per heavy atom. The Labute approximate surface area is 220 Å². The number of carbonyl (C=O) groups excluding carboxylic acids is 3. The van der Waals surface area contributed by atoms with E-state index in [2.05, 4.69) is 16.1 Å². The van der Waals surface area contributed by atoms with Gasteiger partial charge in [-0.25, -0.2) is 10.3 Å². The van der Waals surface area contributed by atoms with E-state index >= 15 is 0 Å². The molecule has 1 aliphatic heterocycles. The van der Waals surface area contributed by atoms with Gasteiger partial charge in [0.05, 0.1) is 18.6 Å². The van der Waals surface area contributed by atoms with Crippen molar-refractivity contribution in [3.63, 3.8) is 0 Å². The minimum Gasteiger partial charge on any atom is -0.465 e. The minimum absolute atomic E-state index is 0.0571. The number of piperidine rings is 1. The summed E-state index contributed by atoms with van der Waals surface area (Å²) in [5.41, 5.74) is 3.15. The zero-order valence-electron chi connectivity index (χ0n) is 22.7. The van der Waals surface area contributed by atoms with Crippen molar-refractivity contribution in [1.82, 2.24) is 15.7 Å². The van der Waals surface area contributed by atoms with Crippen molar-refractivity contribution in [3.05, 3.63) is 29.8 Å². The van der Waals surface area contributed by atoms with Crippen LogP contribution in [0.5, 0.6) is 0 Å². The molecule has 1 saturated heterocycles. The third-order valence-corrected chi connectivity index (χ3v) is 7.68. The highest BCUT2D eigenvalue weighted by Gasteiger charge is 2.38. The molecule has 1 aliphatic carbocycles. The van der Waals surface area contributed by atoms with E-state index in [1.54, 1.807) is 12.1 Å². The molecule has 4 N–H and O–H groups in total. The minimum atomic E-state index is -0.639. The van der Waals surface area contributed by atoms with Crippen molar-refractivity contribution in [3.8, 4) is 0 Å². The van der Waals surface area contributed by atoms with Gasteiger partial charge in [0.2, 0.25) is 11.8 Å². The van der Waals surface area contributed by atoms with Crippen LogP contribution < -0.4 is 16.1 Å². The Hall–Kier alpha value is -2.65. The number of benzene rings is 1. The third-order valence-electron chi connectivity index (χ3n) is 7.68. The first-order chi connectivity index (χ1) is 17.6. The molecule has 37 heavy (non-hydrogen) atoms. The van der Waals surface area contributed by atoms with Gasteiger partial charge in [-0.3, -0.25) is 9.59 Å². The molecule has 206 valence electrons.